The van der Waals surface area contributed by atoms with Gasteiger partial charge in [0, 0.05) is 16.1 Å². The van der Waals surface area contributed by atoms with Crippen LogP contribution in [0.2, 0.25) is 15.1 Å². The van der Waals surface area contributed by atoms with Crippen LogP contribution in [0.1, 0.15) is 16.1 Å². The van der Waals surface area contributed by atoms with E-state index in [0.29, 0.717) is 32.9 Å². The number of carbonyl (C=O) groups is 3. The summed E-state index contributed by atoms with van der Waals surface area (Å²) < 4.78 is 6.63. The van der Waals surface area contributed by atoms with Gasteiger partial charge in [0.15, 0.2) is 0 Å². The van der Waals surface area contributed by atoms with E-state index in [1.807, 2.05) is 0 Å². The fourth-order valence-electron chi connectivity index (χ4n) is 3.54. The van der Waals surface area contributed by atoms with E-state index in [0.717, 1.165) is 0 Å². The minimum Gasteiger partial charge on any atom is -0.494 e. The van der Waals surface area contributed by atoms with Gasteiger partial charge < -0.3 is 15.4 Å². The summed E-state index contributed by atoms with van der Waals surface area (Å²) in [5.41, 5.74) is 4.25. The quantitative estimate of drug-likeness (QED) is 0.273. The van der Waals surface area contributed by atoms with Gasteiger partial charge in [0.1, 0.15) is 17.0 Å². The highest BCUT2D eigenvalue weighted by atomic mass is 35.5. The van der Waals surface area contributed by atoms with Crippen molar-refractivity contribution in [2.45, 2.75) is 6.92 Å². The van der Waals surface area contributed by atoms with Crippen LogP contribution >= 0.6 is 34.8 Å². The maximum atomic E-state index is 13.3. The van der Waals surface area contributed by atoms with Crippen molar-refractivity contribution in [1.82, 2.24) is 4.68 Å². The van der Waals surface area contributed by atoms with Crippen molar-refractivity contribution in [3.8, 4) is 5.75 Å². The van der Waals surface area contributed by atoms with Crippen LogP contribution < -0.4 is 20.8 Å². The first-order valence-corrected chi connectivity index (χ1v) is 11.7. The molecule has 1 heterocycles. The zero-order valence-electron chi connectivity index (χ0n) is 19.0. The average molecular weight is 546 g/mol. The number of carbonyl (C=O) groups excluding carboxylic acids is 3. The molecule has 0 radical (unpaired) electrons. The predicted molar refractivity (Wildman–Crippen MR) is 142 cm³/mol. The topological polar surface area (TPSA) is 101 Å². The van der Waals surface area contributed by atoms with E-state index in [4.69, 9.17) is 39.5 Å². The summed E-state index contributed by atoms with van der Waals surface area (Å²) in [6.45, 7) is 1.77. The standard InChI is InChI=1S/C25H19Cl3N4O4/c1-13-15(26)7-4-9-17(13)29-23(33)19-12-14-6-3-11-20(36-2)22(14)32(19)31-25(35)24(34)30-18-10-5-8-16(27)21(18)28/h3-12H,1-2H3,(H,29,33)(H,30,34)(H,31,35). The van der Waals surface area contributed by atoms with Crippen LogP contribution in [0.25, 0.3) is 10.9 Å². The average Bonchev–Trinajstić information content (AvgIpc) is 3.23. The lowest BCUT2D eigenvalue weighted by molar-refractivity contribution is -0.133. The van der Waals surface area contributed by atoms with Gasteiger partial charge in [-0.2, -0.15) is 0 Å². The first-order chi connectivity index (χ1) is 17.2. The smallest absolute Gasteiger partial charge is 0.328 e. The lowest BCUT2D eigenvalue weighted by Crippen LogP contribution is -2.36. The third-order valence-electron chi connectivity index (χ3n) is 5.37. The second kappa shape index (κ2) is 10.5. The van der Waals surface area contributed by atoms with Crippen LogP contribution in [0, 0.1) is 6.92 Å². The summed E-state index contributed by atoms with van der Waals surface area (Å²) in [4.78, 5) is 38.8. The molecule has 3 amide bonds. The molecule has 1 aromatic heterocycles. The number of rotatable bonds is 5. The van der Waals surface area contributed by atoms with Gasteiger partial charge >= 0.3 is 11.8 Å². The highest BCUT2D eigenvalue weighted by Gasteiger charge is 2.24. The maximum Gasteiger partial charge on any atom is 0.328 e. The number of hydrogen-bond donors (Lipinski definition) is 3. The number of nitrogens with zero attached hydrogens (tertiary/aromatic N) is 1. The Balaban J connectivity index is 1.69. The molecular weight excluding hydrogens is 527 g/mol. The van der Waals surface area contributed by atoms with Crippen LogP contribution in [0.4, 0.5) is 11.4 Å². The number of nitrogens with one attached hydrogen (secondary N) is 3. The summed E-state index contributed by atoms with van der Waals surface area (Å²) in [6.07, 6.45) is 0. The molecular formula is C25H19Cl3N4O4. The van der Waals surface area contributed by atoms with E-state index in [9.17, 15) is 14.4 Å². The second-order valence-electron chi connectivity index (χ2n) is 7.63. The third-order valence-corrected chi connectivity index (χ3v) is 6.60. The molecule has 0 bridgehead atoms. The van der Waals surface area contributed by atoms with Gasteiger partial charge in [0.05, 0.1) is 22.8 Å². The number of halogens is 3. The Labute approximate surface area is 221 Å². The van der Waals surface area contributed by atoms with E-state index in [-0.39, 0.29) is 21.4 Å². The first-order valence-electron chi connectivity index (χ1n) is 10.5. The Hall–Kier alpha value is -3.72. The molecule has 3 aromatic carbocycles. The molecule has 0 saturated heterocycles. The van der Waals surface area contributed by atoms with E-state index in [1.54, 1.807) is 61.5 Å². The van der Waals surface area contributed by atoms with Gasteiger partial charge in [0.25, 0.3) is 5.91 Å². The second-order valence-corrected chi connectivity index (χ2v) is 8.82. The lowest BCUT2D eigenvalue weighted by Gasteiger charge is -2.15. The molecule has 8 nitrogen and oxygen atoms in total. The van der Waals surface area contributed by atoms with Crippen molar-refractivity contribution < 1.29 is 19.1 Å². The van der Waals surface area contributed by atoms with Crippen molar-refractivity contribution >= 4 is 74.8 Å². The number of methoxy groups -OCH3 is 1. The lowest BCUT2D eigenvalue weighted by atomic mass is 10.2. The SMILES string of the molecule is COc1cccc2cc(C(=O)Nc3cccc(Cl)c3C)n(NC(=O)C(=O)Nc3cccc(Cl)c3Cl)c12. The zero-order valence-corrected chi connectivity index (χ0v) is 21.3. The first kappa shape index (κ1) is 25.4. The summed E-state index contributed by atoms with van der Waals surface area (Å²) in [6, 6.07) is 16.5. The van der Waals surface area contributed by atoms with Gasteiger partial charge in [-0.15, -0.1) is 0 Å². The summed E-state index contributed by atoms with van der Waals surface area (Å²) in [5.74, 6) is -2.24. The molecule has 0 aliphatic carbocycles. The summed E-state index contributed by atoms with van der Waals surface area (Å²) in [7, 11) is 1.46. The van der Waals surface area contributed by atoms with Crippen LogP contribution in [-0.4, -0.2) is 29.5 Å². The minimum atomic E-state index is -1.05. The molecule has 0 fully saturated rings. The van der Waals surface area contributed by atoms with Gasteiger partial charge in [-0.3, -0.25) is 19.8 Å². The number of anilines is 2. The number of hydrogen-bond acceptors (Lipinski definition) is 4. The van der Waals surface area contributed by atoms with Crippen molar-refractivity contribution in [2.75, 3.05) is 23.2 Å². The van der Waals surface area contributed by atoms with Crippen LogP contribution in [-0.2, 0) is 9.59 Å². The summed E-state index contributed by atoms with van der Waals surface area (Å²) in [5, 5.41) is 6.59. The molecule has 184 valence electrons. The van der Waals surface area contributed by atoms with Crippen LogP contribution in [0.5, 0.6) is 5.75 Å². The zero-order chi connectivity index (χ0) is 26.0. The fraction of sp³-hybridized carbons (Fsp3) is 0.0800. The highest BCUT2D eigenvalue weighted by Crippen LogP contribution is 2.31. The van der Waals surface area contributed by atoms with E-state index < -0.39 is 17.7 Å². The Morgan fingerprint density at radius 2 is 1.50 bits per heavy atom. The van der Waals surface area contributed by atoms with Crippen LogP contribution in [0.3, 0.4) is 0 Å². The van der Waals surface area contributed by atoms with Crippen molar-refractivity contribution in [3.05, 3.63) is 87.0 Å². The monoisotopic (exact) mass is 544 g/mol. The fourth-order valence-corrected chi connectivity index (χ4v) is 4.06. The number of aromatic nitrogens is 1. The van der Waals surface area contributed by atoms with E-state index in [1.165, 1.54) is 17.9 Å². The molecule has 36 heavy (non-hydrogen) atoms. The number of fused-ring (bicyclic) bond motifs is 1. The molecule has 3 N–H and O–H groups in total. The van der Waals surface area contributed by atoms with Gasteiger partial charge in [-0.05, 0) is 48.9 Å². The minimum absolute atomic E-state index is 0.0517. The molecule has 4 rings (SSSR count). The molecule has 0 aliphatic heterocycles. The predicted octanol–water partition coefficient (Wildman–Crippen LogP) is 5.88. The van der Waals surface area contributed by atoms with E-state index in [2.05, 4.69) is 16.1 Å². The molecule has 0 atom stereocenters. The van der Waals surface area contributed by atoms with Gasteiger partial charge in [-0.25, -0.2) is 4.68 Å². The Morgan fingerprint density at radius 3 is 2.22 bits per heavy atom. The Kier molecular flexibility index (Phi) is 7.40. The maximum absolute atomic E-state index is 13.3. The van der Waals surface area contributed by atoms with Crippen molar-refractivity contribution in [2.24, 2.45) is 0 Å². The summed E-state index contributed by atoms with van der Waals surface area (Å²) >= 11 is 18.3. The highest BCUT2D eigenvalue weighted by molar-refractivity contribution is 6.46. The Morgan fingerprint density at radius 1 is 0.833 bits per heavy atom. The van der Waals surface area contributed by atoms with Crippen molar-refractivity contribution in [3.63, 3.8) is 0 Å². The molecule has 0 unspecified atom stereocenters. The molecule has 0 aliphatic rings. The van der Waals surface area contributed by atoms with Gasteiger partial charge in [0.2, 0.25) is 0 Å². The molecule has 4 aromatic rings. The molecule has 11 heteroatoms. The largest absolute Gasteiger partial charge is 0.494 e. The van der Waals surface area contributed by atoms with E-state index >= 15 is 0 Å². The number of ether oxygens (including phenoxy) is 1. The van der Waals surface area contributed by atoms with Gasteiger partial charge in [-0.1, -0.05) is 59.1 Å². The normalized spacial score (nSPS) is 10.7. The number of para-hydroxylation sites is 1. The Bertz CT molecular complexity index is 1520. The molecule has 0 saturated carbocycles. The molecule has 0 spiro atoms. The number of amides is 3. The third kappa shape index (κ3) is 4.97. The van der Waals surface area contributed by atoms with Crippen molar-refractivity contribution in [1.29, 1.82) is 0 Å². The van der Waals surface area contributed by atoms with Crippen LogP contribution in [0.15, 0.2) is 60.7 Å². The number of benzene rings is 3.